The largest absolute Gasteiger partial charge is 0.456 e. The lowest BCUT2D eigenvalue weighted by Gasteiger charge is -2.31. The number of carbonyl (C=O) groups excluding carboxylic acids is 2. The summed E-state index contributed by atoms with van der Waals surface area (Å²) in [5.41, 5.74) is -0.0395. The number of hydrogen-bond donors (Lipinski definition) is 0. The molecule has 1 aliphatic carbocycles. The molecule has 1 fully saturated rings. The van der Waals surface area contributed by atoms with Crippen LogP contribution in [0.1, 0.15) is 0 Å². The van der Waals surface area contributed by atoms with Crippen molar-refractivity contribution in [3.8, 4) is 0 Å². The van der Waals surface area contributed by atoms with Gasteiger partial charge in [-0.1, -0.05) is 18.2 Å². The minimum absolute atomic E-state index is 0.0395. The third-order valence-electron chi connectivity index (χ3n) is 3.44. The van der Waals surface area contributed by atoms with Gasteiger partial charge in [-0.3, -0.25) is 19.7 Å². The van der Waals surface area contributed by atoms with Crippen LogP contribution in [0.3, 0.4) is 0 Å². The van der Waals surface area contributed by atoms with Crippen LogP contribution in [-0.2, 0) is 14.3 Å². The standard InChI is InChI=1S/C15H11NO5S/c17-13-11-3-1-2-4-12(11)21-15(18)14(13)22-10-7-5-9(6-8-10)16(19)20/h1-8,11-12,14H/t11-,12-,14-/m1/s1. The Morgan fingerprint density at radius 2 is 1.77 bits per heavy atom. The smallest absolute Gasteiger partial charge is 0.327 e. The number of esters is 1. The molecule has 0 N–H and O–H groups in total. The number of nitro benzene ring substituents is 1. The lowest BCUT2D eigenvalue weighted by atomic mass is 9.89. The molecule has 2 aliphatic rings. The highest BCUT2D eigenvalue weighted by molar-refractivity contribution is 8.01. The molecule has 1 aromatic carbocycles. The third kappa shape index (κ3) is 2.67. The molecule has 0 saturated carbocycles. The number of thioether (sulfide) groups is 1. The van der Waals surface area contributed by atoms with Crippen LogP contribution in [-0.4, -0.2) is 28.0 Å². The quantitative estimate of drug-likeness (QED) is 0.368. The van der Waals surface area contributed by atoms with Crippen LogP contribution < -0.4 is 0 Å². The molecule has 3 atom stereocenters. The first-order valence-electron chi connectivity index (χ1n) is 6.56. The number of allylic oxidation sites excluding steroid dienone is 2. The average molecular weight is 317 g/mol. The highest BCUT2D eigenvalue weighted by Crippen LogP contribution is 2.34. The Bertz CT molecular complexity index is 694. The van der Waals surface area contributed by atoms with E-state index >= 15 is 0 Å². The van der Waals surface area contributed by atoms with Gasteiger partial charge in [0.15, 0.2) is 11.0 Å². The summed E-state index contributed by atoms with van der Waals surface area (Å²) in [5, 5.41) is 9.67. The summed E-state index contributed by atoms with van der Waals surface area (Å²) in [6.45, 7) is 0. The molecule has 0 amide bonds. The number of Topliss-reactive ketones (excluding diaryl/α,β-unsaturated/α-hetero) is 1. The fraction of sp³-hybridized carbons (Fsp3) is 0.200. The van der Waals surface area contributed by atoms with Gasteiger partial charge in [-0.15, -0.1) is 11.8 Å². The van der Waals surface area contributed by atoms with Crippen LogP contribution in [0.25, 0.3) is 0 Å². The van der Waals surface area contributed by atoms with Crippen molar-refractivity contribution in [3.05, 3.63) is 58.7 Å². The lowest BCUT2D eigenvalue weighted by Crippen LogP contribution is -2.46. The van der Waals surface area contributed by atoms with Gasteiger partial charge in [0, 0.05) is 17.0 Å². The summed E-state index contributed by atoms with van der Waals surface area (Å²) < 4.78 is 5.28. The molecule has 0 spiro atoms. The van der Waals surface area contributed by atoms with Crippen molar-refractivity contribution in [2.45, 2.75) is 16.2 Å². The molecule has 1 saturated heterocycles. The van der Waals surface area contributed by atoms with Gasteiger partial charge >= 0.3 is 5.97 Å². The van der Waals surface area contributed by atoms with E-state index in [1.54, 1.807) is 24.3 Å². The van der Waals surface area contributed by atoms with Crippen LogP contribution >= 0.6 is 11.8 Å². The van der Waals surface area contributed by atoms with E-state index < -0.39 is 28.2 Å². The van der Waals surface area contributed by atoms with Gasteiger partial charge in [-0.2, -0.15) is 0 Å². The van der Waals surface area contributed by atoms with Crippen molar-refractivity contribution in [1.82, 2.24) is 0 Å². The number of ketones is 1. The van der Waals surface area contributed by atoms with Gasteiger partial charge in [0.05, 0.1) is 10.8 Å². The van der Waals surface area contributed by atoms with Crippen LogP contribution in [0.2, 0.25) is 0 Å². The SMILES string of the molecule is O=C1O[C@@H]2C=CC=C[C@H]2C(=O)[C@H]1Sc1ccc([N+](=O)[O-])cc1. The van der Waals surface area contributed by atoms with Gasteiger partial charge in [0.25, 0.3) is 5.69 Å². The number of nitro groups is 1. The molecule has 0 unspecified atom stereocenters. The first-order chi connectivity index (χ1) is 10.6. The van der Waals surface area contributed by atoms with Crippen molar-refractivity contribution >= 4 is 29.2 Å². The maximum atomic E-state index is 12.4. The van der Waals surface area contributed by atoms with Gasteiger partial charge in [0.2, 0.25) is 0 Å². The second-order valence-electron chi connectivity index (χ2n) is 4.85. The number of ether oxygens (including phenoxy) is 1. The highest BCUT2D eigenvalue weighted by Gasteiger charge is 2.44. The van der Waals surface area contributed by atoms with Crippen molar-refractivity contribution in [1.29, 1.82) is 0 Å². The summed E-state index contributed by atoms with van der Waals surface area (Å²) in [5.74, 6) is -1.24. The number of non-ortho nitro benzene ring substituents is 1. The summed E-state index contributed by atoms with van der Waals surface area (Å²) in [6.07, 6.45) is 6.38. The van der Waals surface area contributed by atoms with Crippen LogP contribution in [0.15, 0.2) is 53.5 Å². The Hall–Kier alpha value is -2.41. The molecular formula is C15H11NO5S. The van der Waals surface area contributed by atoms with E-state index in [1.807, 2.05) is 0 Å². The first-order valence-corrected chi connectivity index (χ1v) is 7.44. The van der Waals surface area contributed by atoms with Crippen molar-refractivity contribution in [2.75, 3.05) is 0 Å². The van der Waals surface area contributed by atoms with E-state index in [1.165, 1.54) is 24.3 Å². The highest BCUT2D eigenvalue weighted by atomic mass is 32.2. The zero-order valence-electron chi connectivity index (χ0n) is 11.2. The number of carbonyl (C=O) groups is 2. The molecule has 112 valence electrons. The van der Waals surface area contributed by atoms with Gasteiger partial charge in [-0.25, -0.2) is 0 Å². The molecule has 6 nitrogen and oxygen atoms in total. The van der Waals surface area contributed by atoms with E-state index in [4.69, 9.17) is 4.74 Å². The predicted molar refractivity (Wildman–Crippen MR) is 79.4 cm³/mol. The molecule has 1 heterocycles. The van der Waals surface area contributed by atoms with Crippen LogP contribution in [0.4, 0.5) is 5.69 Å². The molecule has 0 radical (unpaired) electrons. The topological polar surface area (TPSA) is 86.5 Å². The normalized spacial score (nSPS) is 26.5. The minimum atomic E-state index is -0.946. The van der Waals surface area contributed by atoms with E-state index in [-0.39, 0.29) is 11.5 Å². The number of hydrogen-bond acceptors (Lipinski definition) is 6. The minimum Gasteiger partial charge on any atom is -0.456 e. The Labute approximate surface area is 130 Å². The second kappa shape index (κ2) is 5.76. The summed E-state index contributed by atoms with van der Waals surface area (Å²) >= 11 is 1.05. The molecule has 7 heteroatoms. The number of rotatable bonds is 3. The van der Waals surface area contributed by atoms with Gasteiger partial charge in [-0.05, 0) is 18.2 Å². The fourth-order valence-corrected chi connectivity index (χ4v) is 3.32. The van der Waals surface area contributed by atoms with Crippen molar-refractivity contribution < 1.29 is 19.2 Å². The summed E-state index contributed by atoms with van der Waals surface area (Å²) in [6, 6.07) is 5.72. The van der Waals surface area contributed by atoms with E-state index in [2.05, 4.69) is 0 Å². The summed E-state index contributed by atoms with van der Waals surface area (Å²) in [7, 11) is 0. The molecule has 22 heavy (non-hydrogen) atoms. The van der Waals surface area contributed by atoms with E-state index in [0.717, 1.165) is 11.8 Å². The van der Waals surface area contributed by atoms with Gasteiger partial charge in [0.1, 0.15) is 6.10 Å². The predicted octanol–water partition coefficient (Wildman–Crippen LogP) is 2.29. The Balaban J connectivity index is 1.78. The van der Waals surface area contributed by atoms with Gasteiger partial charge < -0.3 is 4.74 Å². The summed E-state index contributed by atoms with van der Waals surface area (Å²) in [4.78, 5) is 35.2. The number of nitrogens with zero attached hydrogens (tertiary/aromatic N) is 1. The van der Waals surface area contributed by atoms with E-state index in [9.17, 15) is 19.7 Å². The van der Waals surface area contributed by atoms with E-state index in [0.29, 0.717) is 4.90 Å². The maximum Gasteiger partial charge on any atom is 0.327 e. The Kier molecular flexibility index (Phi) is 3.81. The maximum absolute atomic E-state index is 12.4. The second-order valence-corrected chi connectivity index (χ2v) is 6.03. The third-order valence-corrected chi connectivity index (χ3v) is 4.64. The lowest BCUT2D eigenvalue weighted by molar-refractivity contribution is -0.384. The molecule has 1 aromatic rings. The van der Waals surface area contributed by atoms with Crippen molar-refractivity contribution in [3.63, 3.8) is 0 Å². The Morgan fingerprint density at radius 1 is 1.09 bits per heavy atom. The zero-order chi connectivity index (χ0) is 15.7. The van der Waals surface area contributed by atoms with Crippen molar-refractivity contribution in [2.24, 2.45) is 5.92 Å². The number of benzene rings is 1. The number of fused-ring (bicyclic) bond motifs is 1. The first kappa shape index (κ1) is 14.5. The molecule has 0 aromatic heterocycles. The fourth-order valence-electron chi connectivity index (χ4n) is 2.33. The molecule has 1 aliphatic heterocycles. The Morgan fingerprint density at radius 3 is 2.45 bits per heavy atom. The zero-order valence-corrected chi connectivity index (χ0v) is 12.1. The molecule has 0 bridgehead atoms. The average Bonchev–Trinajstić information content (AvgIpc) is 2.52. The van der Waals surface area contributed by atoms with Crippen LogP contribution in [0, 0.1) is 16.0 Å². The monoisotopic (exact) mass is 317 g/mol. The van der Waals surface area contributed by atoms with Crippen LogP contribution in [0.5, 0.6) is 0 Å². The molecular weight excluding hydrogens is 306 g/mol. The molecule has 3 rings (SSSR count).